The SMILES string of the molecule is Cc1cc(C)c2c(n1)CC(C)(C)CC2=O. The molecule has 0 amide bonds. The van der Waals surface area contributed by atoms with Crippen molar-refractivity contribution in [1.82, 2.24) is 4.98 Å². The van der Waals surface area contributed by atoms with E-state index in [9.17, 15) is 4.79 Å². The summed E-state index contributed by atoms with van der Waals surface area (Å²) in [4.78, 5) is 16.5. The van der Waals surface area contributed by atoms with Crippen molar-refractivity contribution in [3.05, 3.63) is 28.6 Å². The highest BCUT2D eigenvalue weighted by molar-refractivity contribution is 5.99. The molecule has 0 radical (unpaired) electrons. The first-order valence-corrected chi connectivity index (χ1v) is 5.39. The molecule has 0 aliphatic heterocycles. The van der Waals surface area contributed by atoms with Crippen molar-refractivity contribution in [2.75, 3.05) is 0 Å². The summed E-state index contributed by atoms with van der Waals surface area (Å²) in [5, 5.41) is 0. The number of aryl methyl sites for hydroxylation is 2. The van der Waals surface area contributed by atoms with Gasteiger partial charge in [0.15, 0.2) is 5.78 Å². The van der Waals surface area contributed by atoms with Crippen LogP contribution in [0.5, 0.6) is 0 Å². The van der Waals surface area contributed by atoms with Gasteiger partial charge >= 0.3 is 0 Å². The molecule has 0 fully saturated rings. The van der Waals surface area contributed by atoms with Crippen LogP contribution in [0.3, 0.4) is 0 Å². The van der Waals surface area contributed by atoms with Gasteiger partial charge in [0.2, 0.25) is 0 Å². The van der Waals surface area contributed by atoms with E-state index >= 15 is 0 Å². The summed E-state index contributed by atoms with van der Waals surface area (Å²) in [7, 11) is 0. The molecule has 15 heavy (non-hydrogen) atoms. The number of carbonyl (C=O) groups is 1. The van der Waals surface area contributed by atoms with Crippen molar-refractivity contribution in [1.29, 1.82) is 0 Å². The van der Waals surface area contributed by atoms with Gasteiger partial charge < -0.3 is 0 Å². The summed E-state index contributed by atoms with van der Waals surface area (Å²) in [6.45, 7) is 8.25. The quantitative estimate of drug-likeness (QED) is 0.649. The fourth-order valence-corrected chi connectivity index (χ4v) is 2.46. The molecule has 0 spiro atoms. The highest BCUT2D eigenvalue weighted by atomic mass is 16.1. The number of ketones is 1. The lowest BCUT2D eigenvalue weighted by atomic mass is 9.74. The van der Waals surface area contributed by atoms with E-state index in [0.29, 0.717) is 6.42 Å². The van der Waals surface area contributed by atoms with Gasteiger partial charge in [-0.25, -0.2) is 0 Å². The molecule has 0 N–H and O–H groups in total. The molecule has 0 aromatic carbocycles. The smallest absolute Gasteiger partial charge is 0.165 e. The Balaban J connectivity index is 2.60. The van der Waals surface area contributed by atoms with Gasteiger partial charge in [-0.05, 0) is 37.3 Å². The van der Waals surface area contributed by atoms with Gasteiger partial charge in [0.25, 0.3) is 0 Å². The number of nitrogens with zero attached hydrogens (tertiary/aromatic N) is 1. The second-order valence-corrected chi connectivity index (χ2v) is 5.34. The van der Waals surface area contributed by atoms with Crippen molar-refractivity contribution in [2.45, 2.75) is 40.5 Å². The molecule has 0 saturated heterocycles. The fourth-order valence-electron chi connectivity index (χ4n) is 2.46. The third-order valence-corrected chi connectivity index (χ3v) is 2.98. The lowest BCUT2D eigenvalue weighted by molar-refractivity contribution is 0.0909. The predicted molar refractivity (Wildman–Crippen MR) is 60.1 cm³/mol. The average Bonchev–Trinajstić information content (AvgIpc) is 1.97. The van der Waals surface area contributed by atoms with E-state index < -0.39 is 0 Å². The lowest BCUT2D eigenvalue weighted by Crippen LogP contribution is -2.28. The van der Waals surface area contributed by atoms with Gasteiger partial charge in [-0.1, -0.05) is 13.8 Å². The first-order chi connectivity index (χ1) is 6.89. The molecule has 2 nitrogen and oxygen atoms in total. The highest BCUT2D eigenvalue weighted by Crippen LogP contribution is 2.35. The molecule has 2 rings (SSSR count). The third-order valence-electron chi connectivity index (χ3n) is 2.98. The van der Waals surface area contributed by atoms with E-state index in [2.05, 4.69) is 18.8 Å². The Morgan fingerprint density at radius 1 is 1.27 bits per heavy atom. The van der Waals surface area contributed by atoms with Crippen LogP contribution >= 0.6 is 0 Å². The van der Waals surface area contributed by atoms with E-state index in [-0.39, 0.29) is 11.2 Å². The molecule has 1 aliphatic carbocycles. The van der Waals surface area contributed by atoms with Crippen molar-refractivity contribution in [3.63, 3.8) is 0 Å². The number of Topliss-reactive ketones (excluding diaryl/α,β-unsaturated/α-hetero) is 1. The number of rotatable bonds is 0. The number of hydrogen-bond acceptors (Lipinski definition) is 2. The Labute approximate surface area is 90.7 Å². The predicted octanol–water partition coefficient (Wildman–Crippen LogP) is 2.85. The second kappa shape index (κ2) is 3.16. The van der Waals surface area contributed by atoms with Gasteiger partial charge in [0.05, 0.1) is 5.69 Å². The monoisotopic (exact) mass is 203 g/mol. The molecule has 0 atom stereocenters. The zero-order chi connectivity index (χ0) is 11.2. The minimum atomic E-state index is 0.0668. The summed E-state index contributed by atoms with van der Waals surface area (Å²) in [6, 6.07) is 2.00. The number of pyridine rings is 1. The van der Waals surface area contributed by atoms with E-state index in [1.54, 1.807) is 0 Å². The highest BCUT2D eigenvalue weighted by Gasteiger charge is 2.32. The van der Waals surface area contributed by atoms with Crippen LogP contribution in [-0.4, -0.2) is 10.8 Å². The minimum Gasteiger partial charge on any atom is -0.294 e. The second-order valence-electron chi connectivity index (χ2n) is 5.34. The fraction of sp³-hybridized carbons (Fsp3) is 0.538. The molecule has 80 valence electrons. The van der Waals surface area contributed by atoms with Crippen LogP contribution in [0.25, 0.3) is 0 Å². The van der Waals surface area contributed by atoms with Gasteiger partial charge in [-0.15, -0.1) is 0 Å². The van der Waals surface area contributed by atoms with Crippen molar-refractivity contribution >= 4 is 5.78 Å². The maximum atomic E-state index is 12.0. The lowest BCUT2D eigenvalue weighted by Gasteiger charge is -2.30. The normalized spacial score (nSPS) is 18.8. The van der Waals surface area contributed by atoms with E-state index in [1.165, 1.54) is 0 Å². The first kappa shape index (κ1) is 10.3. The molecule has 0 unspecified atom stereocenters. The molecule has 0 bridgehead atoms. The van der Waals surface area contributed by atoms with Crippen molar-refractivity contribution < 1.29 is 4.79 Å². The summed E-state index contributed by atoms with van der Waals surface area (Å²) >= 11 is 0. The van der Waals surface area contributed by atoms with Crippen LogP contribution in [0.1, 0.15) is 47.6 Å². The molecular weight excluding hydrogens is 186 g/mol. The van der Waals surface area contributed by atoms with Crippen LogP contribution in [0.2, 0.25) is 0 Å². The van der Waals surface area contributed by atoms with Crippen LogP contribution in [0.4, 0.5) is 0 Å². The molecule has 2 heteroatoms. The average molecular weight is 203 g/mol. The molecule has 0 saturated carbocycles. The third kappa shape index (κ3) is 1.81. The number of carbonyl (C=O) groups excluding carboxylic acids is 1. The van der Waals surface area contributed by atoms with Crippen LogP contribution in [0.15, 0.2) is 6.07 Å². The standard InChI is InChI=1S/C13H17NO/c1-8-5-9(2)14-10-6-13(3,4)7-11(15)12(8)10/h5H,6-7H2,1-4H3. The number of fused-ring (bicyclic) bond motifs is 1. The van der Waals surface area contributed by atoms with Gasteiger partial charge in [0.1, 0.15) is 0 Å². The Hall–Kier alpha value is -1.18. The Bertz CT molecular complexity index is 432. The van der Waals surface area contributed by atoms with E-state index in [1.807, 2.05) is 19.9 Å². The molecule has 1 aromatic heterocycles. The van der Waals surface area contributed by atoms with E-state index in [4.69, 9.17) is 0 Å². The van der Waals surface area contributed by atoms with Crippen molar-refractivity contribution in [3.8, 4) is 0 Å². The van der Waals surface area contributed by atoms with Gasteiger partial charge in [-0.3, -0.25) is 9.78 Å². The van der Waals surface area contributed by atoms with Crippen LogP contribution in [-0.2, 0) is 6.42 Å². The molecular formula is C13H17NO. The summed E-state index contributed by atoms with van der Waals surface area (Å²) in [5.74, 6) is 0.256. The summed E-state index contributed by atoms with van der Waals surface area (Å²) in [5.41, 5.74) is 4.03. The minimum absolute atomic E-state index is 0.0668. The summed E-state index contributed by atoms with van der Waals surface area (Å²) < 4.78 is 0. The topological polar surface area (TPSA) is 30.0 Å². The van der Waals surface area contributed by atoms with Crippen molar-refractivity contribution in [2.24, 2.45) is 5.41 Å². The molecule has 1 heterocycles. The maximum Gasteiger partial charge on any atom is 0.165 e. The zero-order valence-corrected chi connectivity index (χ0v) is 9.85. The van der Waals surface area contributed by atoms with Crippen LogP contribution in [0, 0.1) is 19.3 Å². The Morgan fingerprint density at radius 3 is 2.60 bits per heavy atom. The largest absolute Gasteiger partial charge is 0.294 e. The first-order valence-electron chi connectivity index (χ1n) is 5.39. The zero-order valence-electron chi connectivity index (χ0n) is 9.85. The Kier molecular flexibility index (Phi) is 2.18. The molecule has 1 aromatic rings. The van der Waals surface area contributed by atoms with E-state index in [0.717, 1.165) is 28.9 Å². The number of hydrogen-bond donors (Lipinski definition) is 0. The number of aromatic nitrogens is 1. The molecule has 1 aliphatic rings. The summed E-state index contributed by atoms with van der Waals surface area (Å²) in [6.07, 6.45) is 1.56. The maximum absolute atomic E-state index is 12.0. The van der Waals surface area contributed by atoms with Gasteiger partial charge in [0, 0.05) is 17.7 Å². The Morgan fingerprint density at radius 2 is 1.93 bits per heavy atom. The van der Waals surface area contributed by atoms with Crippen LogP contribution < -0.4 is 0 Å². The van der Waals surface area contributed by atoms with Gasteiger partial charge in [-0.2, -0.15) is 0 Å².